The molecule has 11 aromatic rings. The van der Waals surface area contributed by atoms with E-state index in [1.165, 1.54) is 4.90 Å². The zero-order valence-corrected chi connectivity index (χ0v) is 45.4. The number of aliphatic hydroxyl groups is 2. The van der Waals surface area contributed by atoms with E-state index in [1.54, 1.807) is 28.8 Å². The predicted octanol–water partition coefficient (Wildman–Crippen LogP) is 10.2. The summed E-state index contributed by atoms with van der Waals surface area (Å²) in [4.78, 5) is 48.4. The van der Waals surface area contributed by atoms with E-state index < -0.39 is 22.3 Å². The van der Waals surface area contributed by atoms with Gasteiger partial charge in [0.25, 0.3) is 11.8 Å². The Hall–Kier alpha value is -8.90. The predicted molar refractivity (Wildman–Crippen MR) is 314 cm³/mol. The van der Waals surface area contributed by atoms with Gasteiger partial charge in [-0.25, -0.2) is 19.9 Å². The molecule has 1 aliphatic heterocycles. The highest BCUT2D eigenvalue weighted by atomic mass is 16.3. The molecule has 0 unspecified atom stereocenters. The zero-order chi connectivity index (χ0) is 56.3. The van der Waals surface area contributed by atoms with Gasteiger partial charge in [-0.2, -0.15) is 19.2 Å². The fraction of sp³-hybridized carbons (Fsp3) is 0.242. The maximum Gasteiger partial charge on any atom is 0.262 e. The molecule has 5 aromatic carbocycles. The molecule has 7 heterocycles. The minimum Gasteiger partial charge on any atom is -0.389 e. The number of aryl methyl sites for hydroxylation is 2. The van der Waals surface area contributed by atoms with Crippen molar-refractivity contribution >= 4 is 45.2 Å². The summed E-state index contributed by atoms with van der Waals surface area (Å²) < 4.78 is 3.60. The third-order valence-corrected chi connectivity index (χ3v) is 17.7. The first-order valence-corrected chi connectivity index (χ1v) is 28.0. The summed E-state index contributed by atoms with van der Waals surface area (Å²) >= 11 is 0. The van der Waals surface area contributed by atoms with E-state index in [9.17, 15) is 19.8 Å². The van der Waals surface area contributed by atoms with Gasteiger partial charge in [0.05, 0.1) is 50.6 Å². The van der Waals surface area contributed by atoms with Crippen molar-refractivity contribution in [1.82, 2.24) is 44.1 Å². The smallest absolute Gasteiger partial charge is 0.262 e. The number of rotatable bonds is 9. The lowest BCUT2D eigenvalue weighted by Gasteiger charge is -2.57. The van der Waals surface area contributed by atoms with Crippen molar-refractivity contribution in [3.05, 3.63) is 204 Å². The molecule has 0 atom stereocenters. The Morgan fingerprint density at radius 2 is 0.890 bits per heavy atom. The van der Waals surface area contributed by atoms with Gasteiger partial charge in [-0.05, 0) is 111 Å². The Morgan fingerprint density at radius 1 is 0.488 bits per heavy atom. The van der Waals surface area contributed by atoms with Crippen LogP contribution in [0.5, 0.6) is 0 Å². The van der Waals surface area contributed by atoms with Crippen LogP contribution >= 0.6 is 0 Å². The van der Waals surface area contributed by atoms with Crippen LogP contribution in [0.15, 0.2) is 170 Å². The Balaban J connectivity index is 0.000000147. The highest BCUT2D eigenvalue weighted by Gasteiger charge is 2.66. The second-order valence-corrected chi connectivity index (χ2v) is 23.3. The molecule has 16 heteroatoms. The average Bonchev–Trinajstić information content (AvgIpc) is 2.21. The van der Waals surface area contributed by atoms with Crippen molar-refractivity contribution in [2.45, 2.75) is 87.5 Å². The van der Waals surface area contributed by atoms with Crippen LogP contribution in [0, 0.1) is 25.7 Å². The molecule has 6 aromatic heterocycles. The van der Waals surface area contributed by atoms with Gasteiger partial charge in [0.2, 0.25) is 0 Å². The number of imide groups is 1. The van der Waals surface area contributed by atoms with E-state index >= 15 is 0 Å². The zero-order valence-electron chi connectivity index (χ0n) is 45.4. The Bertz CT molecular complexity index is 4300. The summed E-state index contributed by atoms with van der Waals surface area (Å²) in [6, 6.07) is 52.0. The molecular formula is C66H60N12O4. The van der Waals surface area contributed by atoms with E-state index in [-0.39, 0.29) is 17.7 Å². The van der Waals surface area contributed by atoms with Crippen LogP contribution in [0.1, 0.15) is 94.6 Å². The topological polar surface area (TPSA) is 242 Å². The normalized spacial score (nSPS) is 22.8. The molecule has 82 heavy (non-hydrogen) atoms. The lowest BCUT2D eigenvalue weighted by atomic mass is 9.58. The molecule has 5 aliphatic rings. The standard InChI is InChI=1S/C37H29N5O3.C29H27N5O.H4N2/c1-22-17-31-38-19-25-18-30(23-7-3-2-4-8-23)32(39-33(25)42(31)40-22)24-11-13-26(14-12-24)36(20-37(45,21-36)27-15-16-27)41-34(43)28-9-5-6-10-29(28)35(41)44;1-18-13-25-31-15-21-14-24(19-5-3-2-4-6-19)26(32-27(21)34(25)33-18)20-7-9-22(10-8-20)28(30)16-29(35,17-28)23-11-12-23;1-2/h2-14,17-19,27,45H,15-16,20-21H2,1H3;2-10,13-15,23,35H,11-12,16-17,30H2,1H3;1-2H2. The van der Waals surface area contributed by atoms with Gasteiger partial charge < -0.3 is 15.9 Å². The van der Waals surface area contributed by atoms with Crippen molar-refractivity contribution < 1.29 is 19.8 Å². The van der Waals surface area contributed by atoms with Gasteiger partial charge in [-0.3, -0.25) is 26.2 Å². The Morgan fingerprint density at radius 3 is 1.32 bits per heavy atom. The maximum absolute atomic E-state index is 13.7. The maximum atomic E-state index is 13.7. The first-order valence-electron chi connectivity index (χ1n) is 28.0. The van der Waals surface area contributed by atoms with Crippen LogP contribution < -0.4 is 17.4 Å². The fourth-order valence-corrected chi connectivity index (χ4v) is 13.4. The first-order chi connectivity index (χ1) is 39.8. The van der Waals surface area contributed by atoms with E-state index in [4.69, 9.17) is 15.7 Å². The number of pyridine rings is 2. The third-order valence-electron chi connectivity index (χ3n) is 17.7. The second kappa shape index (κ2) is 19.1. The van der Waals surface area contributed by atoms with Crippen molar-refractivity contribution in [1.29, 1.82) is 0 Å². The number of nitrogens with two attached hydrogens (primary N) is 3. The second-order valence-electron chi connectivity index (χ2n) is 23.3. The fourth-order valence-electron chi connectivity index (χ4n) is 13.4. The summed E-state index contributed by atoms with van der Waals surface area (Å²) in [6.07, 6.45) is 9.85. The van der Waals surface area contributed by atoms with Crippen LogP contribution in [0.4, 0.5) is 0 Å². The van der Waals surface area contributed by atoms with E-state index in [1.807, 2.05) is 104 Å². The lowest BCUT2D eigenvalue weighted by molar-refractivity contribution is -0.143. The average molecular weight is 1090 g/mol. The number of aromatic nitrogens is 8. The van der Waals surface area contributed by atoms with Crippen LogP contribution in [0.25, 0.3) is 78.1 Å². The van der Waals surface area contributed by atoms with Gasteiger partial charge in [-0.15, -0.1) is 0 Å². The molecule has 0 spiro atoms. The van der Waals surface area contributed by atoms with E-state index in [0.717, 1.165) is 121 Å². The molecular weight excluding hydrogens is 1020 g/mol. The number of benzene rings is 5. The number of hydrogen-bond acceptors (Lipinski definition) is 13. The summed E-state index contributed by atoms with van der Waals surface area (Å²) in [7, 11) is 0. The minimum atomic E-state index is -0.924. The SMILES string of the molecule is Cc1cc2ncc3cc(-c4ccccc4)c(-c4ccc(C5(N)CC(O)(C6CC6)C5)cc4)nc3n2n1.Cc1cc2ncc3cc(-c4ccccc4)c(-c4ccc(C5(N6C(=O)c7ccccc7C6=O)CC(O)(C6CC6)C5)cc4)nc3n2n1.NN. The van der Waals surface area contributed by atoms with Crippen molar-refractivity contribution in [2.75, 3.05) is 0 Å². The molecule has 2 amide bonds. The number of fused-ring (bicyclic) bond motifs is 7. The van der Waals surface area contributed by atoms with Crippen LogP contribution in [-0.2, 0) is 11.1 Å². The highest BCUT2D eigenvalue weighted by Crippen LogP contribution is 2.62. The highest BCUT2D eigenvalue weighted by molar-refractivity contribution is 6.22. The lowest BCUT2D eigenvalue weighted by Crippen LogP contribution is -2.65. The Kier molecular flexibility index (Phi) is 11.9. The van der Waals surface area contributed by atoms with Gasteiger partial charge in [0.15, 0.2) is 22.6 Å². The summed E-state index contributed by atoms with van der Waals surface area (Å²) in [6.45, 7) is 3.90. The van der Waals surface area contributed by atoms with Gasteiger partial charge >= 0.3 is 0 Å². The number of carbonyl (C=O) groups is 2. The van der Waals surface area contributed by atoms with Crippen molar-refractivity contribution in [2.24, 2.45) is 29.3 Å². The molecule has 0 saturated heterocycles. The molecule has 4 aliphatic carbocycles. The molecule has 16 nitrogen and oxygen atoms in total. The summed E-state index contributed by atoms with van der Waals surface area (Å²) in [5.41, 5.74) is 19.1. The Labute approximate surface area is 472 Å². The number of carbonyl (C=O) groups excluding carboxylic acids is 2. The monoisotopic (exact) mass is 1080 g/mol. The van der Waals surface area contributed by atoms with Crippen LogP contribution in [0.2, 0.25) is 0 Å². The van der Waals surface area contributed by atoms with E-state index in [0.29, 0.717) is 48.4 Å². The quantitative estimate of drug-likeness (QED) is 0.0514. The number of amides is 2. The molecule has 16 rings (SSSR count). The molecule has 0 bridgehead atoms. The molecule has 0 radical (unpaired) electrons. The summed E-state index contributed by atoms with van der Waals surface area (Å²) in [5.74, 6) is 8.05. The molecule has 408 valence electrons. The van der Waals surface area contributed by atoms with Gasteiger partial charge in [0, 0.05) is 75.9 Å². The third kappa shape index (κ3) is 8.39. The molecule has 4 fully saturated rings. The first kappa shape index (κ1) is 51.3. The van der Waals surface area contributed by atoms with Crippen molar-refractivity contribution in [3.8, 4) is 44.8 Å². The van der Waals surface area contributed by atoms with Gasteiger partial charge in [-0.1, -0.05) is 121 Å². The van der Waals surface area contributed by atoms with Crippen LogP contribution in [0.3, 0.4) is 0 Å². The van der Waals surface area contributed by atoms with Gasteiger partial charge in [0.1, 0.15) is 0 Å². The van der Waals surface area contributed by atoms with Crippen LogP contribution in [-0.4, -0.2) is 77.3 Å². The summed E-state index contributed by atoms with van der Waals surface area (Å²) in [5, 5.41) is 33.4. The number of hydrazine groups is 1. The number of nitrogens with zero attached hydrogens (tertiary/aromatic N) is 9. The number of hydrogen-bond donors (Lipinski definition) is 5. The minimum absolute atomic E-state index is 0.215. The van der Waals surface area contributed by atoms with E-state index in [2.05, 4.69) is 92.5 Å². The molecule has 4 saturated carbocycles. The molecule has 8 N–H and O–H groups in total. The van der Waals surface area contributed by atoms with Crippen molar-refractivity contribution in [3.63, 3.8) is 0 Å². The largest absolute Gasteiger partial charge is 0.389 e.